The summed E-state index contributed by atoms with van der Waals surface area (Å²) < 4.78 is 10.8. The number of nitro benzene ring substituents is 1. The number of likely N-dealkylation sites (N-methyl/N-ethyl adjacent to an activating group) is 1. The van der Waals surface area contributed by atoms with Gasteiger partial charge in [-0.05, 0) is 43.8 Å². The average molecular weight is 408 g/mol. The van der Waals surface area contributed by atoms with E-state index >= 15 is 0 Å². The summed E-state index contributed by atoms with van der Waals surface area (Å²) in [5, 5.41) is 13.9. The number of benzene rings is 2. The van der Waals surface area contributed by atoms with Gasteiger partial charge in [-0.3, -0.25) is 19.8 Å². The molecule has 0 spiro atoms. The molecule has 0 saturated heterocycles. The van der Waals surface area contributed by atoms with Crippen LogP contribution in [0.2, 0.25) is 5.02 Å². The SMILES string of the molecule is CCOc1ccc(CN(C)CC(=O)Nc2cc(Cl)ccc2[N+](=O)[O-])cc1OC. The Bertz CT molecular complexity index is 859. The zero-order valence-electron chi connectivity index (χ0n) is 15.9. The van der Waals surface area contributed by atoms with Crippen LogP contribution in [0.4, 0.5) is 11.4 Å². The van der Waals surface area contributed by atoms with Crippen LogP contribution in [0.3, 0.4) is 0 Å². The van der Waals surface area contributed by atoms with Gasteiger partial charge in [-0.2, -0.15) is 0 Å². The van der Waals surface area contributed by atoms with Crippen molar-refractivity contribution < 1.29 is 19.2 Å². The van der Waals surface area contributed by atoms with Crippen LogP contribution in [0.25, 0.3) is 0 Å². The summed E-state index contributed by atoms with van der Waals surface area (Å²) in [6.07, 6.45) is 0. The highest BCUT2D eigenvalue weighted by molar-refractivity contribution is 6.31. The molecule has 0 atom stereocenters. The van der Waals surface area contributed by atoms with Crippen molar-refractivity contribution in [2.45, 2.75) is 13.5 Å². The highest BCUT2D eigenvalue weighted by Crippen LogP contribution is 2.29. The van der Waals surface area contributed by atoms with E-state index in [9.17, 15) is 14.9 Å². The number of hydrogen-bond donors (Lipinski definition) is 1. The minimum absolute atomic E-state index is 0.0409. The monoisotopic (exact) mass is 407 g/mol. The van der Waals surface area contributed by atoms with E-state index in [2.05, 4.69) is 5.32 Å². The van der Waals surface area contributed by atoms with Crippen LogP contribution in [0, 0.1) is 10.1 Å². The number of nitro groups is 1. The molecular formula is C19H22ClN3O5. The second-order valence-electron chi connectivity index (χ2n) is 6.06. The first-order valence-corrected chi connectivity index (χ1v) is 8.93. The highest BCUT2D eigenvalue weighted by atomic mass is 35.5. The third kappa shape index (κ3) is 5.83. The van der Waals surface area contributed by atoms with Crippen molar-refractivity contribution in [1.29, 1.82) is 0 Å². The number of carbonyl (C=O) groups excluding carboxylic acids is 1. The van der Waals surface area contributed by atoms with Gasteiger partial charge >= 0.3 is 0 Å². The summed E-state index contributed by atoms with van der Waals surface area (Å²) in [6.45, 7) is 2.95. The van der Waals surface area contributed by atoms with E-state index in [1.807, 2.05) is 25.1 Å². The normalized spacial score (nSPS) is 10.6. The van der Waals surface area contributed by atoms with Crippen molar-refractivity contribution in [2.75, 3.05) is 32.6 Å². The second kappa shape index (κ2) is 9.91. The minimum atomic E-state index is -0.568. The van der Waals surface area contributed by atoms with Gasteiger partial charge in [0.25, 0.3) is 5.69 Å². The number of methoxy groups -OCH3 is 1. The summed E-state index contributed by atoms with van der Waals surface area (Å²) in [4.78, 5) is 24.6. The van der Waals surface area contributed by atoms with Crippen LogP contribution in [0.1, 0.15) is 12.5 Å². The lowest BCUT2D eigenvalue weighted by atomic mass is 10.2. The van der Waals surface area contributed by atoms with Crippen molar-refractivity contribution in [3.05, 3.63) is 57.1 Å². The van der Waals surface area contributed by atoms with Crippen LogP contribution in [-0.2, 0) is 11.3 Å². The number of hydrogen-bond acceptors (Lipinski definition) is 6. The van der Waals surface area contributed by atoms with E-state index in [-0.39, 0.29) is 23.8 Å². The molecule has 1 N–H and O–H groups in total. The molecule has 0 fully saturated rings. The number of rotatable bonds is 9. The highest BCUT2D eigenvalue weighted by Gasteiger charge is 2.17. The van der Waals surface area contributed by atoms with Crippen LogP contribution in [-0.4, -0.2) is 43.0 Å². The van der Waals surface area contributed by atoms with Crippen LogP contribution in [0.5, 0.6) is 11.5 Å². The molecular weight excluding hydrogens is 386 g/mol. The Labute approximate surface area is 168 Å². The van der Waals surface area contributed by atoms with E-state index in [4.69, 9.17) is 21.1 Å². The zero-order chi connectivity index (χ0) is 20.7. The molecule has 8 nitrogen and oxygen atoms in total. The van der Waals surface area contributed by atoms with E-state index < -0.39 is 4.92 Å². The first kappa shape index (κ1) is 21.5. The summed E-state index contributed by atoms with van der Waals surface area (Å²) in [6, 6.07) is 9.58. The lowest BCUT2D eigenvalue weighted by molar-refractivity contribution is -0.383. The van der Waals surface area contributed by atoms with Crippen LogP contribution < -0.4 is 14.8 Å². The molecule has 0 aliphatic carbocycles. The number of anilines is 1. The van der Waals surface area contributed by atoms with Crippen LogP contribution in [0.15, 0.2) is 36.4 Å². The summed E-state index contributed by atoms with van der Waals surface area (Å²) in [5.74, 6) is 0.889. The maximum atomic E-state index is 12.3. The molecule has 0 aliphatic heterocycles. The van der Waals surface area contributed by atoms with Gasteiger partial charge in [0.1, 0.15) is 5.69 Å². The molecule has 0 aromatic heterocycles. The molecule has 0 aliphatic rings. The van der Waals surface area contributed by atoms with Gasteiger partial charge in [0.2, 0.25) is 5.91 Å². The van der Waals surface area contributed by atoms with Gasteiger partial charge in [-0.1, -0.05) is 17.7 Å². The lowest BCUT2D eigenvalue weighted by Crippen LogP contribution is -2.30. The predicted octanol–water partition coefficient (Wildman–Crippen LogP) is 3.73. The fourth-order valence-electron chi connectivity index (χ4n) is 2.66. The number of halogens is 1. The number of nitrogens with one attached hydrogen (secondary N) is 1. The molecule has 28 heavy (non-hydrogen) atoms. The van der Waals surface area contributed by atoms with Gasteiger partial charge in [0, 0.05) is 17.6 Å². The van der Waals surface area contributed by atoms with E-state index in [1.54, 1.807) is 19.1 Å². The number of amides is 1. The Balaban J connectivity index is 2.02. The Kier molecular flexibility index (Phi) is 7.60. The number of ether oxygens (including phenoxy) is 2. The number of nitrogens with zero attached hydrogens (tertiary/aromatic N) is 2. The Morgan fingerprint density at radius 2 is 2.00 bits per heavy atom. The van der Waals surface area contributed by atoms with E-state index in [0.29, 0.717) is 29.7 Å². The Hall–Kier alpha value is -2.84. The molecule has 0 unspecified atom stereocenters. The van der Waals surface area contributed by atoms with Crippen LogP contribution >= 0.6 is 11.6 Å². The summed E-state index contributed by atoms with van der Waals surface area (Å²) >= 11 is 5.88. The molecule has 2 rings (SSSR count). The molecule has 2 aromatic rings. The molecule has 0 heterocycles. The standard InChI is InChI=1S/C19H22ClN3O5/c1-4-28-17-8-5-13(9-18(17)27-3)11-22(2)12-19(24)21-15-10-14(20)6-7-16(15)23(25)26/h5-10H,4,11-12H2,1-3H3,(H,21,24). The van der Waals surface area contributed by atoms with Crippen molar-refractivity contribution in [2.24, 2.45) is 0 Å². The molecule has 150 valence electrons. The topological polar surface area (TPSA) is 93.9 Å². The first-order valence-electron chi connectivity index (χ1n) is 8.56. The quantitative estimate of drug-likeness (QED) is 0.502. The van der Waals surface area contributed by atoms with Gasteiger partial charge in [0.05, 0.1) is 25.2 Å². The molecule has 0 radical (unpaired) electrons. The lowest BCUT2D eigenvalue weighted by Gasteiger charge is -2.18. The van der Waals surface area contributed by atoms with Gasteiger partial charge in [-0.25, -0.2) is 0 Å². The Morgan fingerprint density at radius 3 is 2.64 bits per heavy atom. The van der Waals surface area contributed by atoms with E-state index in [1.165, 1.54) is 18.2 Å². The van der Waals surface area contributed by atoms with Crippen molar-refractivity contribution in [1.82, 2.24) is 4.90 Å². The molecule has 0 saturated carbocycles. The average Bonchev–Trinajstić information content (AvgIpc) is 2.62. The molecule has 1 amide bonds. The van der Waals surface area contributed by atoms with Gasteiger partial charge in [-0.15, -0.1) is 0 Å². The second-order valence-corrected chi connectivity index (χ2v) is 6.49. The molecule has 0 bridgehead atoms. The van der Waals surface area contributed by atoms with Crippen molar-refractivity contribution in [3.8, 4) is 11.5 Å². The summed E-state index contributed by atoms with van der Waals surface area (Å²) in [5.41, 5.74) is 0.791. The predicted molar refractivity (Wildman–Crippen MR) is 107 cm³/mol. The largest absolute Gasteiger partial charge is 0.493 e. The summed E-state index contributed by atoms with van der Waals surface area (Å²) in [7, 11) is 3.34. The maximum absolute atomic E-state index is 12.3. The Morgan fingerprint density at radius 1 is 1.25 bits per heavy atom. The van der Waals surface area contributed by atoms with E-state index in [0.717, 1.165) is 5.56 Å². The first-order chi connectivity index (χ1) is 13.3. The van der Waals surface area contributed by atoms with Gasteiger partial charge in [0.15, 0.2) is 11.5 Å². The fraction of sp³-hybridized carbons (Fsp3) is 0.316. The third-order valence-corrected chi connectivity index (χ3v) is 4.06. The van der Waals surface area contributed by atoms with Gasteiger partial charge < -0.3 is 14.8 Å². The number of carbonyl (C=O) groups is 1. The molecule has 2 aromatic carbocycles. The maximum Gasteiger partial charge on any atom is 0.292 e. The minimum Gasteiger partial charge on any atom is -0.493 e. The van der Waals surface area contributed by atoms with Crippen molar-refractivity contribution in [3.63, 3.8) is 0 Å². The fourth-order valence-corrected chi connectivity index (χ4v) is 2.83. The smallest absolute Gasteiger partial charge is 0.292 e. The third-order valence-electron chi connectivity index (χ3n) is 3.82. The molecule has 9 heteroatoms. The van der Waals surface area contributed by atoms with Crippen molar-refractivity contribution >= 4 is 28.9 Å². The zero-order valence-corrected chi connectivity index (χ0v) is 16.7.